The molecule has 2 heterocycles. The molecule has 0 radical (unpaired) electrons. The Labute approximate surface area is 89.9 Å². The van der Waals surface area contributed by atoms with Gasteiger partial charge in [-0.3, -0.25) is 0 Å². The van der Waals surface area contributed by atoms with Gasteiger partial charge in [0.05, 0.1) is 0 Å². The predicted molar refractivity (Wildman–Crippen MR) is 61.9 cm³/mol. The van der Waals surface area contributed by atoms with Gasteiger partial charge < -0.3 is 10.2 Å². The van der Waals surface area contributed by atoms with Gasteiger partial charge in [0.25, 0.3) is 0 Å². The van der Waals surface area contributed by atoms with E-state index in [-0.39, 0.29) is 0 Å². The van der Waals surface area contributed by atoms with Crippen LogP contribution in [0.4, 0.5) is 0 Å². The molecule has 0 atom stereocenters. The molecule has 0 saturated carbocycles. The molecule has 14 heavy (non-hydrogen) atoms. The average molecular weight is 210 g/mol. The summed E-state index contributed by atoms with van der Waals surface area (Å²) in [5.74, 6) is 0.892. The minimum Gasteiger partial charge on any atom is -0.316 e. The van der Waals surface area contributed by atoms with Crippen molar-refractivity contribution in [2.24, 2.45) is 5.92 Å². The molecule has 1 N–H and O–H groups in total. The summed E-state index contributed by atoms with van der Waals surface area (Å²) in [4.78, 5) is 3.95. The van der Waals surface area contributed by atoms with Crippen molar-refractivity contribution < 1.29 is 0 Å². The van der Waals surface area contributed by atoms with Crippen LogP contribution < -0.4 is 5.32 Å². The minimum absolute atomic E-state index is 0.892. The lowest BCUT2D eigenvalue weighted by molar-refractivity contribution is 0.226. The maximum absolute atomic E-state index is 3.31. The number of nitrogens with one attached hydrogen (secondary N) is 1. The smallest absolute Gasteiger partial charge is 0.00579 e. The summed E-state index contributed by atoms with van der Waals surface area (Å²) in [6, 6.07) is 4.36. The van der Waals surface area contributed by atoms with Gasteiger partial charge >= 0.3 is 0 Å². The molecule has 1 aromatic heterocycles. The third-order valence-corrected chi connectivity index (χ3v) is 3.69. The molecule has 2 nitrogen and oxygen atoms in total. The second-order valence-electron chi connectivity index (χ2n) is 4.12. The fourth-order valence-electron chi connectivity index (χ4n) is 1.77. The van der Waals surface area contributed by atoms with Crippen molar-refractivity contribution in [3.05, 3.63) is 22.4 Å². The quantitative estimate of drug-likeness (QED) is 0.791. The average Bonchev–Trinajstić information content (AvgIpc) is 2.60. The number of hydrogen-bond acceptors (Lipinski definition) is 3. The minimum atomic E-state index is 0.892. The van der Waals surface area contributed by atoms with Gasteiger partial charge in [0, 0.05) is 31.1 Å². The Bertz CT molecular complexity index is 254. The summed E-state index contributed by atoms with van der Waals surface area (Å²) in [6.07, 6.45) is 1.20. The van der Waals surface area contributed by atoms with E-state index < -0.39 is 0 Å². The molecule has 1 aliphatic rings. The van der Waals surface area contributed by atoms with Gasteiger partial charge in [0.1, 0.15) is 0 Å². The first-order valence-corrected chi connectivity index (χ1v) is 6.14. The van der Waals surface area contributed by atoms with E-state index in [0.717, 1.165) is 5.92 Å². The maximum Gasteiger partial charge on any atom is 0.00579 e. The Hall–Kier alpha value is -0.380. The van der Waals surface area contributed by atoms with E-state index in [4.69, 9.17) is 0 Å². The molecular weight excluding hydrogens is 192 g/mol. The van der Waals surface area contributed by atoms with Crippen LogP contribution in [0.5, 0.6) is 0 Å². The van der Waals surface area contributed by atoms with Crippen molar-refractivity contribution in [1.29, 1.82) is 0 Å². The zero-order valence-electron chi connectivity index (χ0n) is 8.70. The Morgan fingerprint density at radius 1 is 1.57 bits per heavy atom. The van der Waals surface area contributed by atoms with Crippen LogP contribution in [0, 0.1) is 5.92 Å². The zero-order valence-corrected chi connectivity index (χ0v) is 9.52. The first-order valence-electron chi connectivity index (χ1n) is 5.26. The van der Waals surface area contributed by atoms with Crippen LogP contribution >= 0.6 is 11.3 Å². The van der Waals surface area contributed by atoms with Gasteiger partial charge in [0.2, 0.25) is 0 Å². The summed E-state index contributed by atoms with van der Waals surface area (Å²) < 4.78 is 0. The summed E-state index contributed by atoms with van der Waals surface area (Å²) in [7, 11) is 2.23. The highest BCUT2D eigenvalue weighted by molar-refractivity contribution is 7.09. The molecule has 1 saturated heterocycles. The lowest BCUT2D eigenvalue weighted by atomic mass is 10.0. The lowest BCUT2D eigenvalue weighted by Crippen LogP contribution is -2.47. The van der Waals surface area contributed by atoms with E-state index in [1.807, 2.05) is 11.3 Å². The van der Waals surface area contributed by atoms with E-state index in [9.17, 15) is 0 Å². The SMILES string of the molecule is CN(CCc1cccs1)CC1CNC1. The van der Waals surface area contributed by atoms with Crippen LogP contribution in [-0.4, -0.2) is 38.1 Å². The number of nitrogens with zero attached hydrogens (tertiary/aromatic N) is 1. The normalized spacial score (nSPS) is 17.3. The summed E-state index contributed by atoms with van der Waals surface area (Å²) in [5, 5.41) is 5.47. The Morgan fingerprint density at radius 2 is 2.43 bits per heavy atom. The van der Waals surface area contributed by atoms with Crippen molar-refractivity contribution in [3.8, 4) is 0 Å². The fraction of sp³-hybridized carbons (Fsp3) is 0.636. The summed E-state index contributed by atoms with van der Waals surface area (Å²) in [6.45, 7) is 4.86. The van der Waals surface area contributed by atoms with Crippen LogP contribution in [0.3, 0.4) is 0 Å². The van der Waals surface area contributed by atoms with Crippen LogP contribution in [-0.2, 0) is 6.42 Å². The number of thiophene rings is 1. The van der Waals surface area contributed by atoms with Crippen molar-refractivity contribution in [1.82, 2.24) is 10.2 Å². The molecular formula is C11H18N2S. The topological polar surface area (TPSA) is 15.3 Å². The maximum atomic E-state index is 3.31. The summed E-state index contributed by atoms with van der Waals surface area (Å²) in [5.41, 5.74) is 0. The Morgan fingerprint density at radius 3 is 3.00 bits per heavy atom. The van der Waals surface area contributed by atoms with Gasteiger partial charge in [-0.15, -0.1) is 11.3 Å². The number of likely N-dealkylation sites (N-methyl/N-ethyl adjacent to an activating group) is 1. The molecule has 0 unspecified atom stereocenters. The van der Waals surface area contributed by atoms with E-state index in [0.29, 0.717) is 0 Å². The van der Waals surface area contributed by atoms with Crippen LogP contribution in [0.25, 0.3) is 0 Å². The van der Waals surface area contributed by atoms with E-state index in [1.165, 1.54) is 37.5 Å². The molecule has 0 bridgehead atoms. The number of hydrogen-bond donors (Lipinski definition) is 1. The summed E-state index contributed by atoms with van der Waals surface area (Å²) >= 11 is 1.86. The van der Waals surface area contributed by atoms with Crippen LogP contribution in [0.2, 0.25) is 0 Å². The van der Waals surface area contributed by atoms with Crippen molar-refractivity contribution >= 4 is 11.3 Å². The van der Waals surface area contributed by atoms with E-state index >= 15 is 0 Å². The number of rotatable bonds is 5. The first-order chi connectivity index (χ1) is 6.84. The van der Waals surface area contributed by atoms with Gasteiger partial charge in [0.15, 0.2) is 0 Å². The van der Waals surface area contributed by atoms with Crippen LogP contribution in [0.1, 0.15) is 4.88 Å². The third-order valence-electron chi connectivity index (χ3n) is 2.76. The van der Waals surface area contributed by atoms with Gasteiger partial charge in [-0.2, -0.15) is 0 Å². The molecule has 0 aliphatic carbocycles. The largest absolute Gasteiger partial charge is 0.316 e. The van der Waals surface area contributed by atoms with Gasteiger partial charge in [-0.25, -0.2) is 0 Å². The molecule has 0 aromatic carbocycles. The standard InChI is InChI=1S/C11H18N2S/c1-13(9-10-7-12-8-10)5-4-11-3-2-6-14-11/h2-3,6,10,12H,4-5,7-9H2,1H3. The predicted octanol–water partition coefficient (Wildman–Crippen LogP) is 1.44. The second-order valence-corrected chi connectivity index (χ2v) is 5.15. The monoisotopic (exact) mass is 210 g/mol. The first kappa shape index (κ1) is 10.1. The van der Waals surface area contributed by atoms with Crippen molar-refractivity contribution in [3.63, 3.8) is 0 Å². The molecule has 1 aromatic rings. The van der Waals surface area contributed by atoms with E-state index in [2.05, 4.69) is 34.8 Å². The molecule has 1 aliphatic heterocycles. The van der Waals surface area contributed by atoms with Crippen molar-refractivity contribution in [2.45, 2.75) is 6.42 Å². The van der Waals surface area contributed by atoms with Gasteiger partial charge in [-0.1, -0.05) is 6.07 Å². The zero-order chi connectivity index (χ0) is 9.80. The third kappa shape index (κ3) is 2.80. The molecule has 1 fully saturated rings. The highest BCUT2D eigenvalue weighted by Gasteiger charge is 2.17. The van der Waals surface area contributed by atoms with Crippen molar-refractivity contribution in [2.75, 3.05) is 33.2 Å². The van der Waals surface area contributed by atoms with Gasteiger partial charge in [-0.05, 0) is 30.8 Å². The van der Waals surface area contributed by atoms with E-state index in [1.54, 1.807) is 0 Å². The van der Waals surface area contributed by atoms with Crippen LogP contribution in [0.15, 0.2) is 17.5 Å². The molecule has 78 valence electrons. The molecule has 0 spiro atoms. The fourth-order valence-corrected chi connectivity index (χ4v) is 2.46. The molecule has 0 amide bonds. The second kappa shape index (κ2) is 4.91. The molecule has 3 heteroatoms. The molecule has 2 rings (SSSR count). The Kier molecular flexibility index (Phi) is 3.56. The lowest BCUT2D eigenvalue weighted by Gasteiger charge is -2.31. The highest BCUT2D eigenvalue weighted by atomic mass is 32.1. The Balaban J connectivity index is 1.64. The highest BCUT2D eigenvalue weighted by Crippen LogP contribution is 2.10.